The Morgan fingerprint density at radius 1 is 1.00 bits per heavy atom. The van der Waals surface area contributed by atoms with Gasteiger partial charge in [-0.1, -0.05) is 24.3 Å². The maximum atomic E-state index is 12.5. The number of hydrogen-bond donors (Lipinski definition) is 1. The fourth-order valence-electron chi connectivity index (χ4n) is 3.10. The second-order valence-corrected chi connectivity index (χ2v) is 8.58. The smallest absolute Gasteiger partial charge is 0.240 e. The van der Waals surface area contributed by atoms with Crippen LogP contribution in [-0.4, -0.2) is 51.4 Å². The first kappa shape index (κ1) is 19.5. The number of likely N-dealkylation sites (N-methyl/N-ethyl adjacent to an activating group) is 1. The zero-order valence-corrected chi connectivity index (χ0v) is 16.2. The quantitative estimate of drug-likeness (QED) is 0.822. The summed E-state index contributed by atoms with van der Waals surface area (Å²) in [5, 5.41) is 8.84. The molecule has 0 bridgehead atoms. The van der Waals surface area contributed by atoms with Gasteiger partial charge in [0, 0.05) is 39.3 Å². The molecule has 0 aliphatic carbocycles. The fraction of sp³-hybridized carbons (Fsp3) is 0.350. The molecule has 0 spiro atoms. The first-order chi connectivity index (χ1) is 13.0. The van der Waals surface area contributed by atoms with Crippen LogP contribution in [0.2, 0.25) is 0 Å². The molecule has 0 amide bonds. The molecule has 142 valence electrons. The largest absolute Gasteiger partial charge is 0.304 e. The van der Waals surface area contributed by atoms with Gasteiger partial charge in [-0.2, -0.15) is 5.26 Å². The lowest BCUT2D eigenvalue weighted by Crippen LogP contribution is -2.44. The standard InChI is InChI=1S/C20H24N4O2S/c1-23-10-12-24(13-11-23)16-19-5-3-2-4-18(19)15-22-27(25,26)20-8-6-17(14-21)7-9-20/h2-9,22H,10-13,15-16H2,1H3. The first-order valence-corrected chi connectivity index (χ1v) is 10.4. The highest BCUT2D eigenvalue weighted by molar-refractivity contribution is 7.89. The Kier molecular flexibility index (Phi) is 6.24. The highest BCUT2D eigenvalue weighted by Gasteiger charge is 2.17. The van der Waals surface area contributed by atoms with Gasteiger partial charge in [0.05, 0.1) is 16.5 Å². The Morgan fingerprint density at radius 2 is 1.63 bits per heavy atom. The topological polar surface area (TPSA) is 76.4 Å². The Hall–Kier alpha value is -2.24. The third-order valence-electron chi connectivity index (χ3n) is 4.85. The fourth-order valence-corrected chi connectivity index (χ4v) is 4.10. The summed E-state index contributed by atoms with van der Waals surface area (Å²) in [6.45, 7) is 5.19. The average Bonchev–Trinajstić information content (AvgIpc) is 2.69. The van der Waals surface area contributed by atoms with Crippen molar-refractivity contribution in [3.8, 4) is 6.07 Å². The van der Waals surface area contributed by atoms with Crippen molar-refractivity contribution in [2.24, 2.45) is 0 Å². The van der Waals surface area contributed by atoms with E-state index in [0.29, 0.717) is 5.56 Å². The molecule has 1 aliphatic rings. The lowest BCUT2D eigenvalue weighted by atomic mass is 10.1. The predicted octanol–water partition coefficient (Wildman–Crippen LogP) is 1.78. The van der Waals surface area contributed by atoms with Gasteiger partial charge in [-0.3, -0.25) is 4.90 Å². The maximum absolute atomic E-state index is 12.5. The van der Waals surface area contributed by atoms with Crippen molar-refractivity contribution < 1.29 is 8.42 Å². The van der Waals surface area contributed by atoms with Crippen molar-refractivity contribution in [1.82, 2.24) is 14.5 Å². The van der Waals surface area contributed by atoms with Crippen LogP contribution in [0, 0.1) is 11.3 Å². The number of piperazine rings is 1. The van der Waals surface area contributed by atoms with Crippen LogP contribution in [0.5, 0.6) is 0 Å². The molecule has 3 rings (SSSR count). The van der Waals surface area contributed by atoms with Crippen LogP contribution in [0.4, 0.5) is 0 Å². The third-order valence-corrected chi connectivity index (χ3v) is 6.27. The van der Waals surface area contributed by atoms with E-state index in [1.807, 2.05) is 24.3 Å². The maximum Gasteiger partial charge on any atom is 0.240 e. The monoisotopic (exact) mass is 384 g/mol. The number of nitriles is 1. The minimum atomic E-state index is -3.62. The molecule has 27 heavy (non-hydrogen) atoms. The summed E-state index contributed by atoms with van der Waals surface area (Å²) in [4.78, 5) is 4.88. The molecular formula is C20H24N4O2S. The molecule has 1 aliphatic heterocycles. The van der Waals surface area contributed by atoms with Gasteiger partial charge in [0.15, 0.2) is 0 Å². The van der Waals surface area contributed by atoms with E-state index < -0.39 is 10.0 Å². The highest BCUT2D eigenvalue weighted by atomic mass is 32.2. The molecule has 6 nitrogen and oxygen atoms in total. The summed E-state index contributed by atoms with van der Waals surface area (Å²) in [6.07, 6.45) is 0. The zero-order chi connectivity index (χ0) is 19.3. The molecule has 0 aromatic heterocycles. The number of sulfonamides is 1. The first-order valence-electron chi connectivity index (χ1n) is 8.95. The number of nitrogens with one attached hydrogen (secondary N) is 1. The molecule has 2 aromatic rings. The molecule has 1 heterocycles. The van der Waals surface area contributed by atoms with E-state index in [-0.39, 0.29) is 11.4 Å². The van der Waals surface area contributed by atoms with Crippen LogP contribution in [-0.2, 0) is 23.1 Å². The van der Waals surface area contributed by atoms with E-state index in [4.69, 9.17) is 5.26 Å². The highest BCUT2D eigenvalue weighted by Crippen LogP contribution is 2.15. The summed E-state index contributed by atoms with van der Waals surface area (Å²) in [5.74, 6) is 0. The Morgan fingerprint density at radius 3 is 2.26 bits per heavy atom. The summed E-state index contributed by atoms with van der Waals surface area (Å²) < 4.78 is 27.7. The summed E-state index contributed by atoms with van der Waals surface area (Å²) in [5.41, 5.74) is 2.56. The van der Waals surface area contributed by atoms with Crippen molar-refractivity contribution in [2.75, 3.05) is 33.2 Å². The molecular weight excluding hydrogens is 360 g/mol. The second kappa shape index (κ2) is 8.63. The lowest BCUT2D eigenvalue weighted by molar-refractivity contribution is 0.148. The van der Waals surface area contributed by atoms with Gasteiger partial charge >= 0.3 is 0 Å². The zero-order valence-electron chi connectivity index (χ0n) is 15.4. The molecule has 1 N–H and O–H groups in total. The molecule has 7 heteroatoms. The van der Waals surface area contributed by atoms with E-state index in [2.05, 4.69) is 27.6 Å². The lowest BCUT2D eigenvalue weighted by Gasteiger charge is -2.32. The van der Waals surface area contributed by atoms with Crippen molar-refractivity contribution >= 4 is 10.0 Å². The van der Waals surface area contributed by atoms with Crippen LogP contribution in [0.15, 0.2) is 53.4 Å². The van der Waals surface area contributed by atoms with E-state index in [1.54, 1.807) is 0 Å². The SMILES string of the molecule is CN1CCN(Cc2ccccc2CNS(=O)(=O)c2ccc(C#N)cc2)CC1. The molecule has 2 aromatic carbocycles. The normalized spacial score (nSPS) is 16.1. The Bertz CT molecular complexity index is 912. The summed E-state index contributed by atoms with van der Waals surface area (Å²) >= 11 is 0. The predicted molar refractivity (Wildman–Crippen MR) is 104 cm³/mol. The molecule has 0 radical (unpaired) electrons. The Labute approximate surface area is 161 Å². The van der Waals surface area contributed by atoms with Crippen LogP contribution in [0.1, 0.15) is 16.7 Å². The van der Waals surface area contributed by atoms with E-state index in [1.165, 1.54) is 24.3 Å². The van der Waals surface area contributed by atoms with Crippen molar-refractivity contribution in [1.29, 1.82) is 5.26 Å². The van der Waals surface area contributed by atoms with Gasteiger partial charge in [-0.15, -0.1) is 0 Å². The van der Waals surface area contributed by atoms with Crippen LogP contribution < -0.4 is 4.72 Å². The van der Waals surface area contributed by atoms with E-state index >= 15 is 0 Å². The van der Waals surface area contributed by atoms with Crippen molar-refractivity contribution in [3.63, 3.8) is 0 Å². The van der Waals surface area contributed by atoms with Crippen LogP contribution >= 0.6 is 0 Å². The van der Waals surface area contributed by atoms with E-state index in [0.717, 1.165) is 43.9 Å². The van der Waals surface area contributed by atoms with E-state index in [9.17, 15) is 8.42 Å². The summed E-state index contributed by atoms with van der Waals surface area (Å²) in [7, 11) is -1.49. The molecule has 1 fully saturated rings. The number of benzene rings is 2. The Balaban J connectivity index is 1.67. The van der Waals surface area contributed by atoms with Gasteiger partial charge in [0.2, 0.25) is 10.0 Å². The number of hydrogen-bond acceptors (Lipinski definition) is 5. The third kappa shape index (κ3) is 5.15. The second-order valence-electron chi connectivity index (χ2n) is 6.81. The molecule has 0 saturated carbocycles. The van der Waals surface area contributed by atoms with Crippen molar-refractivity contribution in [3.05, 3.63) is 65.2 Å². The van der Waals surface area contributed by atoms with Gasteiger partial charge in [-0.05, 0) is 42.4 Å². The summed E-state index contributed by atoms with van der Waals surface area (Å²) in [6, 6.07) is 15.9. The molecule has 0 unspecified atom stereocenters. The van der Waals surface area contributed by atoms with Gasteiger partial charge in [-0.25, -0.2) is 13.1 Å². The van der Waals surface area contributed by atoms with Crippen LogP contribution in [0.3, 0.4) is 0 Å². The molecule has 0 atom stereocenters. The van der Waals surface area contributed by atoms with Crippen LogP contribution in [0.25, 0.3) is 0 Å². The minimum Gasteiger partial charge on any atom is -0.304 e. The van der Waals surface area contributed by atoms with Gasteiger partial charge < -0.3 is 4.90 Å². The van der Waals surface area contributed by atoms with Crippen molar-refractivity contribution in [2.45, 2.75) is 18.0 Å². The molecule has 1 saturated heterocycles. The minimum absolute atomic E-state index is 0.165. The van der Waals surface area contributed by atoms with Gasteiger partial charge in [0.1, 0.15) is 0 Å². The average molecular weight is 385 g/mol. The number of nitrogens with zero attached hydrogens (tertiary/aromatic N) is 3. The van der Waals surface area contributed by atoms with Gasteiger partial charge in [0.25, 0.3) is 0 Å². The number of rotatable bonds is 6.